The van der Waals surface area contributed by atoms with Gasteiger partial charge < -0.3 is 0 Å². The fourth-order valence-corrected chi connectivity index (χ4v) is 8.33. The third kappa shape index (κ3) is 5.06. The molecule has 0 amide bonds. The Balaban J connectivity index is 1.15. The molecule has 0 atom stereocenters. The van der Waals surface area contributed by atoms with Gasteiger partial charge in [-0.3, -0.25) is 0 Å². The first-order chi connectivity index (χ1) is 25.3. The van der Waals surface area contributed by atoms with Crippen LogP contribution in [0.4, 0.5) is 0 Å². The predicted molar refractivity (Wildman–Crippen MR) is 213 cm³/mol. The van der Waals surface area contributed by atoms with Gasteiger partial charge in [-0.05, 0) is 34.0 Å². The van der Waals surface area contributed by atoms with Gasteiger partial charge in [0.05, 0.1) is 15.9 Å². The molecule has 10 rings (SSSR count). The van der Waals surface area contributed by atoms with E-state index in [0.29, 0.717) is 17.5 Å². The van der Waals surface area contributed by atoms with Crippen LogP contribution in [0.2, 0.25) is 0 Å². The quantitative estimate of drug-likeness (QED) is 0.183. The summed E-state index contributed by atoms with van der Waals surface area (Å²) in [6.45, 7) is 0. The molecule has 0 aliphatic heterocycles. The molecule has 10 aromatic rings. The number of hydrogen-bond donors (Lipinski definition) is 0. The second kappa shape index (κ2) is 12.1. The van der Waals surface area contributed by atoms with Crippen LogP contribution < -0.4 is 0 Å². The van der Waals surface area contributed by atoms with Gasteiger partial charge in [-0.2, -0.15) is 0 Å². The Morgan fingerprint density at radius 1 is 0.353 bits per heavy atom. The smallest absolute Gasteiger partial charge is 0.164 e. The van der Waals surface area contributed by atoms with Crippen LogP contribution in [0.25, 0.3) is 98.4 Å². The molecule has 0 saturated carbocycles. The van der Waals surface area contributed by atoms with E-state index in [1.165, 1.54) is 36.3 Å². The summed E-state index contributed by atoms with van der Waals surface area (Å²) in [5.74, 6) is 1.94. The van der Waals surface area contributed by atoms with Gasteiger partial charge in [0, 0.05) is 43.1 Å². The zero-order valence-corrected chi connectivity index (χ0v) is 28.2. The van der Waals surface area contributed by atoms with Crippen LogP contribution in [0.15, 0.2) is 170 Å². The van der Waals surface area contributed by atoms with E-state index in [4.69, 9.17) is 19.9 Å². The van der Waals surface area contributed by atoms with Gasteiger partial charge in [0.1, 0.15) is 0 Å². The summed E-state index contributed by atoms with van der Waals surface area (Å²) in [5, 5.41) is 6.09. The van der Waals surface area contributed by atoms with Crippen LogP contribution >= 0.6 is 11.3 Å². The summed E-state index contributed by atoms with van der Waals surface area (Å²) < 4.78 is 2.46. The molecule has 0 N–H and O–H groups in total. The van der Waals surface area contributed by atoms with Crippen molar-refractivity contribution < 1.29 is 0 Å². The molecule has 51 heavy (non-hydrogen) atoms. The zero-order chi connectivity index (χ0) is 33.7. The van der Waals surface area contributed by atoms with Crippen molar-refractivity contribution >= 4 is 53.2 Å². The molecule has 7 aromatic carbocycles. The Hall–Kier alpha value is -6.56. The van der Waals surface area contributed by atoms with Crippen molar-refractivity contribution in [2.24, 2.45) is 0 Å². The minimum atomic E-state index is 0.639. The van der Waals surface area contributed by atoms with Crippen molar-refractivity contribution in [3.63, 3.8) is 0 Å². The highest BCUT2D eigenvalue weighted by Gasteiger charge is 2.20. The SMILES string of the molecule is c1ccc(-c2nc(-c3ccccc3)nc(-c3ccc(-c4cccc5nc(-c6cccc7ccccc67)c6sc7ccccc7c6c45)cc3)n2)cc1. The summed E-state index contributed by atoms with van der Waals surface area (Å²) in [4.78, 5) is 20.2. The van der Waals surface area contributed by atoms with E-state index in [1.807, 2.05) is 72.0 Å². The van der Waals surface area contributed by atoms with E-state index in [1.54, 1.807) is 0 Å². The number of aromatic nitrogens is 4. The third-order valence-electron chi connectivity index (χ3n) is 9.53. The van der Waals surface area contributed by atoms with Gasteiger partial charge in [0.2, 0.25) is 0 Å². The molecule has 4 nitrogen and oxygen atoms in total. The number of thiophene rings is 1. The van der Waals surface area contributed by atoms with E-state index in [0.717, 1.165) is 44.6 Å². The molecule has 3 heterocycles. The highest BCUT2D eigenvalue weighted by molar-refractivity contribution is 7.26. The molecular formula is C46H28N4S. The second-order valence-electron chi connectivity index (χ2n) is 12.6. The first-order valence-corrected chi connectivity index (χ1v) is 17.8. The van der Waals surface area contributed by atoms with Crippen molar-refractivity contribution in [2.45, 2.75) is 0 Å². The lowest BCUT2D eigenvalue weighted by Crippen LogP contribution is -2.00. The van der Waals surface area contributed by atoms with Crippen LogP contribution in [0.3, 0.4) is 0 Å². The van der Waals surface area contributed by atoms with E-state index in [-0.39, 0.29) is 0 Å². The number of benzene rings is 7. The number of rotatable bonds is 5. The van der Waals surface area contributed by atoms with Gasteiger partial charge >= 0.3 is 0 Å². The average molecular weight is 669 g/mol. The second-order valence-corrected chi connectivity index (χ2v) is 13.7. The molecular weight excluding hydrogens is 641 g/mol. The van der Waals surface area contributed by atoms with Crippen LogP contribution in [0.5, 0.6) is 0 Å². The summed E-state index contributed by atoms with van der Waals surface area (Å²) in [6, 6.07) is 59.1. The predicted octanol–water partition coefficient (Wildman–Crippen LogP) is 12.3. The molecule has 0 aliphatic carbocycles. The monoisotopic (exact) mass is 668 g/mol. The summed E-state index contributed by atoms with van der Waals surface area (Å²) in [5.41, 5.74) is 8.26. The standard InChI is InChI=1S/C46H28N4S/c1-3-14-31(15-4-1)44-48-45(32-16-5-2-6-17-32)50-46(49-44)33-27-25-30(26-28-33)35-21-12-23-38-40(35)41-37-20-9-10-24-39(37)51-43(41)42(47-38)36-22-11-18-29-13-7-8-19-34(29)36/h1-28H. The van der Waals surface area contributed by atoms with Gasteiger partial charge in [-0.25, -0.2) is 19.9 Å². The fraction of sp³-hybridized carbons (Fsp3) is 0. The van der Waals surface area contributed by atoms with Crippen LogP contribution in [-0.4, -0.2) is 19.9 Å². The Morgan fingerprint density at radius 2 is 0.882 bits per heavy atom. The fourth-order valence-electron chi connectivity index (χ4n) is 7.12. The van der Waals surface area contributed by atoms with Crippen molar-refractivity contribution in [3.8, 4) is 56.5 Å². The van der Waals surface area contributed by atoms with E-state index >= 15 is 0 Å². The number of pyridine rings is 1. The highest BCUT2D eigenvalue weighted by Crippen LogP contribution is 2.46. The summed E-state index contributed by atoms with van der Waals surface area (Å²) in [6.07, 6.45) is 0. The Labute approximate surface area is 298 Å². The summed E-state index contributed by atoms with van der Waals surface area (Å²) in [7, 11) is 0. The van der Waals surface area contributed by atoms with E-state index < -0.39 is 0 Å². The normalized spacial score (nSPS) is 11.5. The number of nitrogens with zero attached hydrogens (tertiary/aromatic N) is 4. The van der Waals surface area contributed by atoms with Crippen LogP contribution in [0.1, 0.15) is 0 Å². The lowest BCUT2D eigenvalue weighted by atomic mass is 9.94. The maximum Gasteiger partial charge on any atom is 0.164 e. The molecule has 0 aliphatic rings. The Bertz CT molecular complexity index is 2840. The maximum absolute atomic E-state index is 5.43. The summed E-state index contributed by atoms with van der Waals surface area (Å²) >= 11 is 1.82. The molecule has 3 aromatic heterocycles. The first kappa shape index (κ1) is 29.4. The van der Waals surface area contributed by atoms with E-state index in [9.17, 15) is 0 Å². The largest absolute Gasteiger partial charge is 0.246 e. The molecule has 5 heteroatoms. The lowest BCUT2D eigenvalue weighted by molar-refractivity contribution is 1.07. The van der Waals surface area contributed by atoms with Crippen LogP contribution in [-0.2, 0) is 0 Å². The molecule has 0 unspecified atom stereocenters. The van der Waals surface area contributed by atoms with Gasteiger partial charge in [-0.1, -0.05) is 158 Å². The maximum atomic E-state index is 5.43. The van der Waals surface area contributed by atoms with Crippen molar-refractivity contribution in [1.82, 2.24) is 19.9 Å². The lowest BCUT2D eigenvalue weighted by Gasteiger charge is -2.13. The number of fused-ring (bicyclic) bond motifs is 6. The van der Waals surface area contributed by atoms with Gasteiger partial charge in [-0.15, -0.1) is 11.3 Å². The van der Waals surface area contributed by atoms with E-state index in [2.05, 4.69) is 109 Å². The van der Waals surface area contributed by atoms with Gasteiger partial charge in [0.15, 0.2) is 17.5 Å². The molecule has 0 saturated heterocycles. The molecule has 0 radical (unpaired) electrons. The molecule has 0 spiro atoms. The minimum Gasteiger partial charge on any atom is -0.246 e. The van der Waals surface area contributed by atoms with Crippen LogP contribution in [0, 0.1) is 0 Å². The van der Waals surface area contributed by atoms with Crippen molar-refractivity contribution in [3.05, 3.63) is 170 Å². The highest BCUT2D eigenvalue weighted by atomic mass is 32.1. The zero-order valence-electron chi connectivity index (χ0n) is 27.4. The first-order valence-electron chi connectivity index (χ1n) is 17.0. The number of hydrogen-bond acceptors (Lipinski definition) is 5. The molecule has 238 valence electrons. The average Bonchev–Trinajstić information content (AvgIpc) is 3.61. The van der Waals surface area contributed by atoms with Crippen molar-refractivity contribution in [2.75, 3.05) is 0 Å². The topological polar surface area (TPSA) is 51.6 Å². The van der Waals surface area contributed by atoms with Gasteiger partial charge in [0.25, 0.3) is 0 Å². The molecule has 0 bridgehead atoms. The Kier molecular flexibility index (Phi) is 6.96. The minimum absolute atomic E-state index is 0.639. The van der Waals surface area contributed by atoms with Crippen molar-refractivity contribution in [1.29, 1.82) is 0 Å². The molecule has 0 fully saturated rings. The Morgan fingerprint density at radius 3 is 1.59 bits per heavy atom. The third-order valence-corrected chi connectivity index (χ3v) is 10.7.